The Balaban J connectivity index is 1.53. The Hall–Kier alpha value is -3.29. The van der Waals surface area contributed by atoms with Crippen LogP contribution in [-0.4, -0.2) is 42.3 Å². The monoisotopic (exact) mass is 349 g/mol. The van der Waals surface area contributed by atoms with Crippen LogP contribution < -0.4 is 5.32 Å². The summed E-state index contributed by atoms with van der Waals surface area (Å²) in [6.45, 7) is 3.11. The molecule has 26 heavy (non-hydrogen) atoms. The molecule has 8 nitrogen and oxygen atoms in total. The van der Waals surface area contributed by atoms with Crippen molar-refractivity contribution in [3.63, 3.8) is 0 Å². The first-order valence-corrected chi connectivity index (χ1v) is 8.50. The summed E-state index contributed by atoms with van der Waals surface area (Å²) in [6, 6.07) is 3.55. The van der Waals surface area contributed by atoms with Gasteiger partial charge in [-0.05, 0) is 25.5 Å². The zero-order chi connectivity index (χ0) is 17.9. The first kappa shape index (κ1) is 16.2. The molecule has 1 atom stereocenters. The van der Waals surface area contributed by atoms with Gasteiger partial charge < -0.3 is 15.2 Å². The number of aromatic nitrogens is 5. The van der Waals surface area contributed by atoms with Crippen molar-refractivity contribution in [3.8, 4) is 0 Å². The summed E-state index contributed by atoms with van der Waals surface area (Å²) >= 11 is 0. The second-order valence-corrected chi connectivity index (χ2v) is 6.21. The normalized spacial score (nSPS) is 14.6. The average Bonchev–Trinajstić information content (AvgIpc) is 3.23. The van der Waals surface area contributed by atoms with Gasteiger partial charge >= 0.3 is 0 Å². The summed E-state index contributed by atoms with van der Waals surface area (Å²) in [7, 11) is 0. The summed E-state index contributed by atoms with van der Waals surface area (Å²) in [5.74, 6) is 1.62. The quantitative estimate of drug-likeness (QED) is 0.747. The molecular weight excluding hydrogens is 330 g/mol. The molecule has 0 bridgehead atoms. The highest BCUT2D eigenvalue weighted by molar-refractivity contribution is 5.94. The van der Waals surface area contributed by atoms with Gasteiger partial charge in [-0.15, -0.1) is 0 Å². The number of carbonyl (C=O) groups excluding carboxylic acids is 1. The number of imidazole rings is 1. The molecule has 0 fully saturated rings. The molecule has 0 spiro atoms. The molecule has 4 heterocycles. The summed E-state index contributed by atoms with van der Waals surface area (Å²) in [5.41, 5.74) is 2.52. The zero-order valence-corrected chi connectivity index (χ0v) is 14.4. The van der Waals surface area contributed by atoms with E-state index in [1.54, 1.807) is 41.8 Å². The maximum absolute atomic E-state index is 12.6. The molecule has 4 rings (SSSR count). The van der Waals surface area contributed by atoms with E-state index in [1.165, 1.54) is 6.33 Å². The highest BCUT2D eigenvalue weighted by atomic mass is 16.2. The minimum atomic E-state index is -0.0270. The maximum atomic E-state index is 12.6. The smallest absolute Gasteiger partial charge is 0.255 e. The van der Waals surface area contributed by atoms with Gasteiger partial charge in [0, 0.05) is 36.9 Å². The molecule has 3 aromatic rings. The van der Waals surface area contributed by atoms with Crippen molar-refractivity contribution in [3.05, 3.63) is 65.9 Å². The lowest BCUT2D eigenvalue weighted by molar-refractivity contribution is 0.0731. The van der Waals surface area contributed by atoms with Gasteiger partial charge in [0.05, 0.1) is 23.8 Å². The van der Waals surface area contributed by atoms with Gasteiger partial charge in [-0.3, -0.25) is 9.78 Å². The fourth-order valence-electron chi connectivity index (χ4n) is 3.11. The third-order valence-corrected chi connectivity index (χ3v) is 4.49. The van der Waals surface area contributed by atoms with Crippen LogP contribution in [0, 0.1) is 0 Å². The number of amides is 1. The van der Waals surface area contributed by atoms with Crippen LogP contribution >= 0.6 is 0 Å². The number of anilines is 1. The standard InChI is InChI=1S/C18H19N7O/c1-12(16-20-6-7-21-16)24-17-14-4-8-25(10-15(14)22-11-23-17)18(26)13-3-2-5-19-9-13/h2-3,5-7,9,11-12H,4,8,10H2,1H3,(H,20,21)(H,22,23,24)/t12-/m0/s1. The highest BCUT2D eigenvalue weighted by Crippen LogP contribution is 2.26. The number of aromatic amines is 1. The predicted octanol–water partition coefficient (Wildman–Crippen LogP) is 1.97. The van der Waals surface area contributed by atoms with Gasteiger partial charge in [-0.1, -0.05) is 0 Å². The first-order chi connectivity index (χ1) is 12.7. The molecule has 132 valence electrons. The van der Waals surface area contributed by atoms with Crippen molar-refractivity contribution in [1.82, 2.24) is 29.8 Å². The average molecular weight is 349 g/mol. The summed E-state index contributed by atoms with van der Waals surface area (Å²) in [4.78, 5) is 34.6. The SMILES string of the molecule is C[C@H](Nc1ncnc2c1CCN(C(=O)c1cccnc1)C2)c1ncc[nH]1. The number of carbonyl (C=O) groups is 1. The lowest BCUT2D eigenvalue weighted by Gasteiger charge is -2.29. The molecule has 0 aliphatic carbocycles. The molecule has 0 radical (unpaired) electrons. The van der Waals surface area contributed by atoms with E-state index >= 15 is 0 Å². The van der Waals surface area contributed by atoms with E-state index in [2.05, 4.69) is 30.2 Å². The fraction of sp³-hybridized carbons (Fsp3) is 0.278. The molecule has 0 saturated heterocycles. The van der Waals surface area contributed by atoms with Crippen LogP contribution in [0.15, 0.2) is 43.2 Å². The second-order valence-electron chi connectivity index (χ2n) is 6.21. The number of nitrogens with one attached hydrogen (secondary N) is 2. The molecular formula is C18H19N7O. The van der Waals surface area contributed by atoms with Crippen LogP contribution in [0.2, 0.25) is 0 Å². The predicted molar refractivity (Wildman–Crippen MR) is 95.3 cm³/mol. The number of rotatable bonds is 4. The van der Waals surface area contributed by atoms with Crippen molar-refractivity contribution >= 4 is 11.7 Å². The fourth-order valence-corrected chi connectivity index (χ4v) is 3.11. The number of pyridine rings is 1. The molecule has 0 aromatic carbocycles. The van der Waals surface area contributed by atoms with Crippen molar-refractivity contribution in [2.24, 2.45) is 0 Å². The molecule has 1 aliphatic heterocycles. The van der Waals surface area contributed by atoms with Crippen LogP contribution in [0.4, 0.5) is 5.82 Å². The van der Waals surface area contributed by atoms with E-state index in [0.29, 0.717) is 25.1 Å². The number of hydrogen-bond acceptors (Lipinski definition) is 6. The Kier molecular flexibility index (Phi) is 4.30. The van der Waals surface area contributed by atoms with E-state index in [4.69, 9.17) is 0 Å². The summed E-state index contributed by atoms with van der Waals surface area (Å²) in [5, 5.41) is 3.39. The Morgan fingerprint density at radius 2 is 2.23 bits per heavy atom. The molecule has 3 aromatic heterocycles. The first-order valence-electron chi connectivity index (χ1n) is 8.50. The summed E-state index contributed by atoms with van der Waals surface area (Å²) < 4.78 is 0. The number of hydrogen-bond donors (Lipinski definition) is 2. The molecule has 1 amide bonds. The van der Waals surface area contributed by atoms with Gasteiger partial charge in [-0.25, -0.2) is 15.0 Å². The Morgan fingerprint density at radius 3 is 3.00 bits per heavy atom. The second kappa shape index (κ2) is 6.91. The van der Waals surface area contributed by atoms with Gasteiger partial charge in [0.2, 0.25) is 0 Å². The Labute approximate surface area is 150 Å². The number of fused-ring (bicyclic) bond motifs is 1. The van der Waals surface area contributed by atoms with E-state index < -0.39 is 0 Å². The van der Waals surface area contributed by atoms with Gasteiger partial charge in [-0.2, -0.15) is 0 Å². The maximum Gasteiger partial charge on any atom is 0.255 e. The van der Waals surface area contributed by atoms with E-state index in [-0.39, 0.29) is 11.9 Å². The van der Waals surface area contributed by atoms with Crippen LogP contribution in [0.5, 0.6) is 0 Å². The molecule has 0 unspecified atom stereocenters. The molecule has 1 aliphatic rings. The van der Waals surface area contributed by atoms with E-state index in [0.717, 1.165) is 22.9 Å². The van der Waals surface area contributed by atoms with E-state index in [9.17, 15) is 4.79 Å². The van der Waals surface area contributed by atoms with Gasteiger partial charge in [0.25, 0.3) is 5.91 Å². The summed E-state index contributed by atoms with van der Waals surface area (Å²) in [6.07, 6.45) is 9.02. The zero-order valence-electron chi connectivity index (χ0n) is 14.4. The van der Waals surface area contributed by atoms with Crippen molar-refractivity contribution in [2.75, 3.05) is 11.9 Å². The van der Waals surface area contributed by atoms with Crippen molar-refractivity contribution in [2.45, 2.75) is 25.9 Å². The van der Waals surface area contributed by atoms with Crippen molar-refractivity contribution < 1.29 is 4.79 Å². The minimum Gasteiger partial charge on any atom is -0.360 e. The third-order valence-electron chi connectivity index (χ3n) is 4.49. The third kappa shape index (κ3) is 3.13. The highest BCUT2D eigenvalue weighted by Gasteiger charge is 2.25. The van der Waals surface area contributed by atoms with Gasteiger partial charge in [0.15, 0.2) is 0 Å². The molecule has 8 heteroatoms. The van der Waals surface area contributed by atoms with Crippen molar-refractivity contribution in [1.29, 1.82) is 0 Å². The molecule has 2 N–H and O–H groups in total. The Bertz CT molecular complexity index is 895. The van der Waals surface area contributed by atoms with Crippen LogP contribution in [-0.2, 0) is 13.0 Å². The van der Waals surface area contributed by atoms with Crippen LogP contribution in [0.3, 0.4) is 0 Å². The van der Waals surface area contributed by atoms with Gasteiger partial charge in [0.1, 0.15) is 18.0 Å². The van der Waals surface area contributed by atoms with E-state index in [1.807, 2.05) is 6.92 Å². The lowest BCUT2D eigenvalue weighted by Crippen LogP contribution is -2.37. The molecule has 0 saturated carbocycles. The number of H-pyrrole nitrogens is 1. The largest absolute Gasteiger partial charge is 0.360 e. The lowest BCUT2D eigenvalue weighted by atomic mass is 10.0. The van der Waals surface area contributed by atoms with Crippen LogP contribution in [0.25, 0.3) is 0 Å². The van der Waals surface area contributed by atoms with Crippen LogP contribution in [0.1, 0.15) is 40.4 Å². The Morgan fingerprint density at radius 1 is 1.31 bits per heavy atom. The topological polar surface area (TPSA) is 99.7 Å². The minimum absolute atomic E-state index is 0.000875. The number of nitrogens with zero attached hydrogens (tertiary/aromatic N) is 5.